The molecule has 5 nitrogen and oxygen atoms in total. The lowest BCUT2D eigenvalue weighted by atomic mass is 10.0. The molecule has 3 aromatic rings. The molecule has 2 aliphatic rings. The number of hydrogen-bond acceptors (Lipinski definition) is 2. The van der Waals surface area contributed by atoms with E-state index in [1.54, 1.807) is 6.08 Å². The highest BCUT2D eigenvalue weighted by Gasteiger charge is 2.33. The van der Waals surface area contributed by atoms with Crippen LogP contribution in [0.25, 0.3) is 22.6 Å². The summed E-state index contributed by atoms with van der Waals surface area (Å²) in [6, 6.07) is 10.8. The van der Waals surface area contributed by atoms with Crippen molar-refractivity contribution in [2.75, 3.05) is 18.4 Å². The molecule has 170 valence electrons. The number of piperidine rings is 1. The Labute approximate surface area is 188 Å². The van der Waals surface area contributed by atoms with Gasteiger partial charge in [0.05, 0.1) is 5.56 Å². The molecule has 2 aromatic carbocycles. The lowest BCUT2D eigenvalue weighted by Gasteiger charge is -2.27. The number of para-hydroxylation sites is 1. The quantitative estimate of drug-likeness (QED) is 0.557. The van der Waals surface area contributed by atoms with Crippen molar-refractivity contribution in [3.05, 3.63) is 65.4 Å². The zero-order valence-corrected chi connectivity index (χ0v) is 17.8. The molecule has 2 aliphatic heterocycles. The first-order valence-corrected chi connectivity index (χ1v) is 10.9. The van der Waals surface area contributed by atoms with Crippen LogP contribution in [0.15, 0.2) is 48.7 Å². The number of fused-ring (bicyclic) bond motifs is 2. The SMILES string of the molecule is O=C1Nc2cc(C(F)(F)F)ccc2/C1=C\c1cn(CC(=O)N2CCCCC2)c2ccccc12. The highest BCUT2D eigenvalue weighted by atomic mass is 19.4. The van der Waals surface area contributed by atoms with Crippen LogP contribution in [0.2, 0.25) is 0 Å². The molecule has 2 amide bonds. The fourth-order valence-corrected chi connectivity index (χ4v) is 4.58. The number of rotatable bonds is 3. The van der Waals surface area contributed by atoms with Gasteiger partial charge in [0.1, 0.15) is 6.54 Å². The van der Waals surface area contributed by atoms with Gasteiger partial charge in [0, 0.05) is 52.6 Å². The average Bonchev–Trinajstić information content (AvgIpc) is 3.30. The number of alkyl halides is 3. The minimum absolute atomic E-state index is 0.0540. The van der Waals surface area contributed by atoms with Gasteiger partial charge in [0.25, 0.3) is 5.91 Å². The first-order chi connectivity index (χ1) is 15.8. The lowest BCUT2D eigenvalue weighted by molar-refractivity contribution is -0.137. The van der Waals surface area contributed by atoms with Crippen molar-refractivity contribution < 1.29 is 22.8 Å². The summed E-state index contributed by atoms with van der Waals surface area (Å²) in [5, 5.41) is 3.40. The van der Waals surface area contributed by atoms with Crippen molar-refractivity contribution in [2.24, 2.45) is 0 Å². The van der Waals surface area contributed by atoms with Gasteiger partial charge in [-0.3, -0.25) is 9.59 Å². The Bertz CT molecular complexity index is 1280. The molecule has 0 spiro atoms. The van der Waals surface area contributed by atoms with E-state index in [1.165, 1.54) is 6.07 Å². The molecule has 5 rings (SSSR count). The van der Waals surface area contributed by atoms with Gasteiger partial charge in [-0.1, -0.05) is 24.3 Å². The first kappa shape index (κ1) is 21.3. The molecule has 0 aliphatic carbocycles. The van der Waals surface area contributed by atoms with E-state index in [2.05, 4.69) is 5.32 Å². The van der Waals surface area contributed by atoms with E-state index >= 15 is 0 Å². The van der Waals surface area contributed by atoms with Crippen molar-refractivity contribution in [1.82, 2.24) is 9.47 Å². The third-order valence-electron chi connectivity index (χ3n) is 6.26. The van der Waals surface area contributed by atoms with Crippen molar-refractivity contribution in [1.29, 1.82) is 0 Å². The predicted octanol–water partition coefficient (Wildman–Crippen LogP) is 5.17. The summed E-state index contributed by atoms with van der Waals surface area (Å²) in [5.74, 6) is -0.399. The van der Waals surface area contributed by atoms with Gasteiger partial charge >= 0.3 is 6.18 Å². The molecule has 1 fully saturated rings. The molecule has 0 bridgehead atoms. The molecule has 0 radical (unpaired) electrons. The second-order valence-corrected chi connectivity index (χ2v) is 8.44. The Hall–Kier alpha value is -3.55. The van der Waals surface area contributed by atoms with Gasteiger partial charge in [0.2, 0.25) is 5.91 Å². The maximum absolute atomic E-state index is 13.1. The summed E-state index contributed by atoms with van der Waals surface area (Å²) in [7, 11) is 0. The highest BCUT2D eigenvalue weighted by molar-refractivity contribution is 6.35. The maximum atomic E-state index is 13.1. The van der Waals surface area contributed by atoms with E-state index in [4.69, 9.17) is 0 Å². The number of halogens is 3. The van der Waals surface area contributed by atoms with E-state index in [1.807, 2.05) is 39.9 Å². The van der Waals surface area contributed by atoms with E-state index in [0.717, 1.165) is 61.0 Å². The van der Waals surface area contributed by atoms with Crippen LogP contribution >= 0.6 is 0 Å². The van der Waals surface area contributed by atoms with Crippen LogP contribution in [0.5, 0.6) is 0 Å². The fraction of sp³-hybridized carbons (Fsp3) is 0.280. The number of likely N-dealkylation sites (tertiary alicyclic amines) is 1. The van der Waals surface area contributed by atoms with Crippen molar-refractivity contribution in [3.63, 3.8) is 0 Å². The molecule has 3 heterocycles. The highest BCUT2D eigenvalue weighted by Crippen LogP contribution is 2.39. The van der Waals surface area contributed by atoms with Crippen molar-refractivity contribution >= 4 is 40.1 Å². The molecule has 1 saturated heterocycles. The van der Waals surface area contributed by atoms with Gasteiger partial charge in [-0.15, -0.1) is 0 Å². The van der Waals surface area contributed by atoms with Gasteiger partial charge in [-0.25, -0.2) is 0 Å². The molecular weight excluding hydrogens is 431 g/mol. The molecule has 1 aromatic heterocycles. The minimum atomic E-state index is -4.49. The summed E-state index contributed by atoms with van der Waals surface area (Å²) in [5.41, 5.74) is 1.65. The zero-order valence-electron chi connectivity index (χ0n) is 17.8. The number of anilines is 1. The third-order valence-corrected chi connectivity index (χ3v) is 6.26. The minimum Gasteiger partial charge on any atom is -0.341 e. The molecule has 8 heteroatoms. The van der Waals surface area contributed by atoms with Gasteiger partial charge in [-0.2, -0.15) is 13.2 Å². The summed E-state index contributed by atoms with van der Waals surface area (Å²) in [4.78, 5) is 27.3. The Balaban J connectivity index is 1.51. The Morgan fingerprint density at radius 2 is 1.82 bits per heavy atom. The molecule has 0 atom stereocenters. The largest absolute Gasteiger partial charge is 0.416 e. The maximum Gasteiger partial charge on any atom is 0.416 e. The zero-order chi connectivity index (χ0) is 23.2. The Morgan fingerprint density at radius 1 is 1.06 bits per heavy atom. The van der Waals surface area contributed by atoms with E-state index in [-0.39, 0.29) is 18.1 Å². The fourth-order valence-electron chi connectivity index (χ4n) is 4.58. The number of hydrogen-bond donors (Lipinski definition) is 1. The van der Waals surface area contributed by atoms with Gasteiger partial charge in [-0.05, 0) is 43.5 Å². The number of nitrogens with zero attached hydrogens (tertiary/aromatic N) is 2. The monoisotopic (exact) mass is 453 g/mol. The molecule has 33 heavy (non-hydrogen) atoms. The Kier molecular flexibility index (Phi) is 5.23. The predicted molar refractivity (Wildman–Crippen MR) is 120 cm³/mol. The number of benzene rings is 2. The van der Waals surface area contributed by atoms with Crippen LogP contribution in [-0.4, -0.2) is 34.4 Å². The van der Waals surface area contributed by atoms with Crippen molar-refractivity contribution in [2.45, 2.75) is 32.0 Å². The summed E-state index contributed by atoms with van der Waals surface area (Å²) in [6.07, 6.45) is 2.19. The van der Waals surface area contributed by atoms with Gasteiger partial charge < -0.3 is 14.8 Å². The molecule has 1 N–H and O–H groups in total. The van der Waals surface area contributed by atoms with Crippen LogP contribution < -0.4 is 5.32 Å². The van der Waals surface area contributed by atoms with Crippen LogP contribution in [0.3, 0.4) is 0 Å². The average molecular weight is 453 g/mol. The molecule has 0 saturated carbocycles. The number of amides is 2. The smallest absolute Gasteiger partial charge is 0.341 e. The summed E-state index contributed by atoms with van der Waals surface area (Å²) >= 11 is 0. The van der Waals surface area contributed by atoms with Crippen molar-refractivity contribution in [3.8, 4) is 0 Å². The van der Waals surface area contributed by atoms with Crippen LogP contribution in [0.4, 0.5) is 18.9 Å². The second kappa shape index (κ2) is 8.10. The second-order valence-electron chi connectivity index (χ2n) is 8.44. The number of carbonyl (C=O) groups excluding carboxylic acids is 2. The van der Waals surface area contributed by atoms with E-state index < -0.39 is 17.6 Å². The van der Waals surface area contributed by atoms with E-state index in [9.17, 15) is 22.8 Å². The number of carbonyl (C=O) groups is 2. The molecule has 0 unspecified atom stereocenters. The normalized spacial score (nSPS) is 17.5. The standard InChI is InChI=1S/C25H22F3N3O2/c26-25(27,28)17-8-9-19-20(24(33)29-21(19)13-17)12-16-14-31(22-7-3-2-6-18(16)22)15-23(32)30-10-4-1-5-11-30/h2-3,6-9,12-14H,1,4-5,10-11,15H2,(H,29,33)/b20-12+. The first-order valence-electron chi connectivity index (χ1n) is 10.9. The lowest BCUT2D eigenvalue weighted by Crippen LogP contribution is -2.37. The molecular formula is C25H22F3N3O2. The summed E-state index contributed by atoms with van der Waals surface area (Å²) < 4.78 is 41.0. The topological polar surface area (TPSA) is 54.3 Å². The summed E-state index contributed by atoms with van der Waals surface area (Å²) in [6.45, 7) is 1.74. The number of nitrogens with one attached hydrogen (secondary N) is 1. The van der Waals surface area contributed by atoms with Gasteiger partial charge in [0.15, 0.2) is 0 Å². The number of aromatic nitrogens is 1. The van der Waals surface area contributed by atoms with Crippen LogP contribution in [-0.2, 0) is 22.3 Å². The van der Waals surface area contributed by atoms with E-state index in [0.29, 0.717) is 11.1 Å². The third kappa shape index (κ3) is 4.01. The van der Waals surface area contributed by atoms with Crippen LogP contribution in [0, 0.1) is 0 Å². The Morgan fingerprint density at radius 3 is 2.58 bits per heavy atom. The van der Waals surface area contributed by atoms with Crippen LogP contribution in [0.1, 0.15) is 36.0 Å².